The maximum absolute atomic E-state index is 2.47. The molecule has 0 N–H and O–H groups in total. The second kappa shape index (κ2) is 5.08. The van der Waals surface area contributed by atoms with Crippen molar-refractivity contribution in [1.29, 1.82) is 0 Å². The van der Waals surface area contributed by atoms with Crippen LogP contribution in [0.25, 0.3) is 6.08 Å². The molecule has 0 heterocycles. The minimum absolute atomic E-state index is 0.625. The van der Waals surface area contributed by atoms with Crippen LogP contribution in [-0.4, -0.2) is 0 Å². The van der Waals surface area contributed by atoms with Gasteiger partial charge in [0, 0.05) is 0 Å². The van der Waals surface area contributed by atoms with Crippen molar-refractivity contribution >= 4 is 6.08 Å². The van der Waals surface area contributed by atoms with Crippen LogP contribution < -0.4 is 0 Å². The van der Waals surface area contributed by atoms with E-state index >= 15 is 0 Å². The molecule has 0 saturated carbocycles. The lowest BCUT2D eigenvalue weighted by atomic mass is 9.83. The molecule has 1 aliphatic rings. The fourth-order valence-corrected chi connectivity index (χ4v) is 2.67. The number of fused-ring (bicyclic) bond motifs is 1. The molecule has 1 aliphatic carbocycles. The van der Waals surface area contributed by atoms with Gasteiger partial charge in [-0.25, -0.2) is 0 Å². The molecule has 92 valence electrons. The molecule has 0 nitrogen and oxygen atoms in total. The van der Waals surface area contributed by atoms with Gasteiger partial charge in [0.1, 0.15) is 0 Å². The Morgan fingerprint density at radius 1 is 1.12 bits per heavy atom. The number of rotatable bonds is 3. The van der Waals surface area contributed by atoms with Gasteiger partial charge in [-0.2, -0.15) is 0 Å². The maximum atomic E-state index is 2.47. The van der Waals surface area contributed by atoms with Crippen LogP contribution in [-0.2, 0) is 6.42 Å². The monoisotopic (exact) mass is 228 g/mol. The predicted octanol–water partition coefficient (Wildman–Crippen LogP) is 5.28. The number of aryl methyl sites for hydroxylation is 1. The van der Waals surface area contributed by atoms with E-state index in [1.807, 2.05) is 0 Å². The molecule has 0 heteroatoms. The van der Waals surface area contributed by atoms with Crippen molar-refractivity contribution in [3.63, 3.8) is 0 Å². The Kier molecular flexibility index (Phi) is 3.71. The molecule has 1 aromatic rings. The molecular formula is C17H24. The van der Waals surface area contributed by atoms with E-state index in [0.29, 0.717) is 11.8 Å². The van der Waals surface area contributed by atoms with Gasteiger partial charge in [0.05, 0.1) is 0 Å². The third-order valence-electron chi connectivity index (χ3n) is 3.99. The summed E-state index contributed by atoms with van der Waals surface area (Å²) in [5.41, 5.74) is 6.13. The van der Waals surface area contributed by atoms with Gasteiger partial charge in [-0.15, -0.1) is 0 Å². The normalized spacial score (nSPS) is 16.1. The molecule has 1 atom stereocenters. The highest BCUT2D eigenvalue weighted by Gasteiger charge is 2.15. The van der Waals surface area contributed by atoms with Crippen LogP contribution in [0.2, 0.25) is 0 Å². The average Bonchev–Trinajstić information content (AvgIpc) is 2.36. The molecular weight excluding hydrogens is 204 g/mol. The van der Waals surface area contributed by atoms with E-state index in [-0.39, 0.29) is 0 Å². The van der Waals surface area contributed by atoms with Gasteiger partial charge in [0.25, 0.3) is 0 Å². The van der Waals surface area contributed by atoms with Crippen molar-refractivity contribution in [2.24, 2.45) is 0 Å². The van der Waals surface area contributed by atoms with Gasteiger partial charge in [-0.3, -0.25) is 0 Å². The highest BCUT2D eigenvalue weighted by molar-refractivity contribution is 5.59. The maximum Gasteiger partial charge on any atom is -0.0190 e. The Hall–Kier alpha value is -1.04. The Labute approximate surface area is 106 Å². The molecule has 17 heavy (non-hydrogen) atoms. The van der Waals surface area contributed by atoms with Crippen molar-refractivity contribution < 1.29 is 0 Å². The first-order chi connectivity index (χ1) is 8.13. The van der Waals surface area contributed by atoms with E-state index in [0.717, 1.165) is 0 Å². The molecule has 0 aliphatic heterocycles. The molecule has 2 rings (SSSR count). The van der Waals surface area contributed by atoms with E-state index in [2.05, 4.69) is 52.0 Å². The van der Waals surface area contributed by atoms with Crippen molar-refractivity contribution in [3.05, 3.63) is 40.5 Å². The van der Waals surface area contributed by atoms with E-state index in [1.54, 1.807) is 16.7 Å². The van der Waals surface area contributed by atoms with E-state index in [4.69, 9.17) is 0 Å². The van der Waals surface area contributed by atoms with Crippen molar-refractivity contribution in [1.82, 2.24) is 0 Å². The van der Waals surface area contributed by atoms with E-state index in [1.165, 1.54) is 24.8 Å². The highest BCUT2D eigenvalue weighted by atomic mass is 14.2. The Morgan fingerprint density at radius 2 is 1.88 bits per heavy atom. The predicted molar refractivity (Wildman–Crippen MR) is 76.6 cm³/mol. The first-order valence-electron chi connectivity index (χ1n) is 6.96. The minimum atomic E-state index is 0.625. The summed E-state index contributed by atoms with van der Waals surface area (Å²) in [6.45, 7) is 9.25. The van der Waals surface area contributed by atoms with Gasteiger partial charge in [-0.1, -0.05) is 52.0 Å². The second-order valence-corrected chi connectivity index (χ2v) is 5.58. The molecule has 1 unspecified atom stereocenters. The second-order valence-electron chi connectivity index (χ2n) is 5.58. The van der Waals surface area contributed by atoms with Gasteiger partial charge < -0.3 is 0 Å². The molecule has 1 aromatic carbocycles. The van der Waals surface area contributed by atoms with Gasteiger partial charge >= 0.3 is 0 Å². The van der Waals surface area contributed by atoms with Gasteiger partial charge in [-0.05, 0) is 53.4 Å². The number of hydrogen-bond donors (Lipinski definition) is 0. The lowest BCUT2D eigenvalue weighted by Gasteiger charge is -2.22. The zero-order chi connectivity index (χ0) is 12.4. The zero-order valence-corrected chi connectivity index (χ0v) is 11.6. The smallest absolute Gasteiger partial charge is 0.0190 e. The molecule has 0 amide bonds. The van der Waals surface area contributed by atoms with Crippen molar-refractivity contribution in [3.8, 4) is 0 Å². The standard InChI is InChI=1S/C17H24/c1-5-13(4)17-11-15-9-7-6-8-14(15)10-16(17)12(2)3/h6,8,10-13H,5,7,9H2,1-4H3. The fourth-order valence-electron chi connectivity index (χ4n) is 2.67. The number of allylic oxidation sites excluding steroid dienone is 1. The van der Waals surface area contributed by atoms with Gasteiger partial charge in [0.15, 0.2) is 0 Å². The van der Waals surface area contributed by atoms with E-state index < -0.39 is 0 Å². The van der Waals surface area contributed by atoms with Crippen molar-refractivity contribution in [2.75, 3.05) is 0 Å². The van der Waals surface area contributed by atoms with Crippen LogP contribution in [0.3, 0.4) is 0 Å². The summed E-state index contributed by atoms with van der Waals surface area (Å²) in [6, 6.07) is 4.90. The minimum Gasteiger partial charge on any atom is -0.0836 e. The van der Waals surface area contributed by atoms with E-state index in [9.17, 15) is 0 Å². The van der Waals surface area contributed by atoms with Crippen LogP contribution in [0.5, 0.6) is 0 Å². The SMILES string of the molecule is CCC(C)c1cc2c(cc1C(C)C)C=CCC2. The van der Waals surface area contributed by atoms with Crippen LogP contribution in [0.15, 0.2) is 18.2 Å². The first kappa shape index (κ1) is 12.4. The van der Waals surface area contributed by atoms with Crippen LogP contribution in [0.4, 0.5) is 0 Å². The van der Waals surface area contributed by atoms with Crippen LogP contribution in [0.1, 0.15) is 74.6 Å². The molecule has 0 aromatic heterocycles. The Bertz CT molecular complexity index is 424. The quantitative estimate of drug-likeness (QED) is 0.660. The Morgan fingerprint density at radius 3 is 2.53 bits per heavy atom. The molecule has 0 bridgehead atoms. The lowest BCUT2D eigenvalue weighted by Crippen LogP contribution is -2.05. The van der Waals surface area contributed by atoms with Crippen LogP contribution in [0, 0.1) is 0 Å². The summed E-state index contributed by atoms with van der Waals surface area (Å²) < 4.78 is 0. The summed E-state index contributed by atoms with van der Waals surface area (Å²) in [6.07, 6.45) is 8.25. The fraction of sp³-hybridized carbons (Fsp3) is 0.529. The first-order valence-corrected chi connectivity index (χ1v) is 6.96. The third-order valence-corrected chi connectivity index (χ3v) is 3.99. The molecule has 0 spiro atoms. The molecule has 0 radical (unpaired) electrons. The number of benzene rings is 1. The summed E-state index contributed by atoms with van der Waals surface area (Å²) in [5, 5.41) is 0. The summed E-state index contributed by atoms with van der Waals surface area (Å²) >= 11 is 0. The summed E-state index contributed by atoms with van der Waals surface area (Å²) in [7, 11) is 0. The topological polar surface area (TPSA) is 0 Å². The molecule has 0 fully saturated rings. The van der Waals surface area contributed by atoms with Gasteiger partial charge in [0.2, 0.25) is 0 Å². The average molecular weight is 228 g/mol. The van der Waals surface area contributed by atoms with Crippen LogP contribution >= 0.6 is 0 Å². The zero-order valence-electron chi connectivity index (χ0n) is 11.6. The van der Waals surface area contributed by atoms with Crippen molar-refractivity contribution in [2.45, 2.75) is 58.8 Å². The highest BCUT2D eigenvalue weighted by Crippen LogP contribution is 2.33. The Balaban J connectivity index is 2.53. The lowest BCUT2D eigenvalue weighted by molar-refractivity contribution is 0.705. The summed E-state index contributed by atoms with van der Waals surface area (Å²) in [4.78, 5) is 0. The largest absolute Gasteiger partial charge is 0.0836 e. The third kappa shape index (κ3) is 2.46. The molecule has 0 saturated heterocycles. The number of hydrogen-bond acceptors (Lipinski definition) is 0. The summed E-state index contributed by atoms with van der Waals surface area (Å²) in [5.74, 6) is 1.31.